The van der Waals surface area contributed by atoms with Crippen molar-refractivity contribution in [3.63, 3.8) is 0 Å². The van der Waals surface area contributed by atoms with Crippen molar-refractivity contribution in [1.82, 2.24) is 9.88 Å². The van der Waals surface area contributed by atoms with E-state index in [2.05, 4.69) is 4.98 Å². The number of carbonyl (C=O) groups is 1. The molecule has 5 heteroatoms. The van der Waals surface area contributed by atoms with E-state index in [1.807, 2.05) is 37.1 Å². The summed E-state index contributed by atoms with van der Waals surface area (Å²) in [5.41, 5.74) is 7.87. The molecular weight excluding hydrogens is 278 g/mol. The number of likely N-dealkylation sites (tertiary alicyclic amines) is 1. The topological polar surface area (TPSA) is 68.5 Å². The molecular formula is C17H21N3O2. The summed E-state index contributed by atoms with van der Waals surface area (Å²) < 4.78 is 6.15. The van der Waals surface area contributed by atoms with Crippen molar-refractivity contribution in [3.05, 3.63) is 29.8 Å². The minimum Gasteiger partial charge on any atom is -0.488 e. The second-order valence-corrected chi connectivity index (χ2v) is 6.11. The molecule has 1 aliphatic heterocycles. The van der Waals surface area contributed by atoms with Crippen LogP contribution in [0.3, 0.4) is 0 Å². The number of ketones is 1. The normalized spacial score (nSPS) is 22.1. The third-order valence-electron chi connectivity index (χ3n) is 4.22. The second-order valence-electron chi connectivity index (χ2n) is 6.11. The van der Waals surface area contributed by atoms with Gasteiger partial charge >= 0.3 is 0 Å². The van der Waals surface area contributed by atoms with Crippen LogP contribution in [0.5, 0.6) is 5.75 Å². The molecule has 2 heterocycles. The van der Waals surface area contributed by atoms with Crippen LogP contribution < -0.4 is 10.5 Å². The van der Waals surface area contributed by atoms with Crippen molar-refractivity contribution in [3.8, 4) is 5.75 Å². The molecule has 0 radical (unpaired) electrons. The van der Waals surface area contributed by atoms with Gasteiger partial charge in [-0.1, -0.05) is 6.07 Å². The Morgan fingerprint density at radius 2 is 2.18 bits per heavy atom. The molecule has 1 fully saturated rings. The van der Waals surface area contributed by atoms with Crippen molar-refractivity contribution in [2.24, 2.45) is 0 Å². The number of benzene rings is 1. The van der Waals surface area contributed by atoms with E-state index >= 15 is 0 Å². The Labute approximate surface area is 130 Å². The first-order valence-corrected chi connectivity index (χ1v) is 7.48. The van der Waals surface area contributed by atoms with Gasteiger partial charge < -0.3 is 10.5 Å². The Bertz CT molecular complexity index is 724. The fourth-order valence-electron chi connectivity index (χ4n) is 3.12. The zero-order valence-electron chi connectivity index (χ0n) is 13.2. The van der Waals surface area contributed by atoms with Gasteiger partial charge in [0.15, 0.2) is 0 Å². The lowest BCUT2D eigenvalue weighted by molar-refractivity contribution is -0.120. The van der Waals surface area contributed by atoms with Crippen LogP contribution in [-0.2, 0) is 4.79 Å². The predicted octanol–water partition coefficient (Wildman–Crippen LogP) is 2.17. The molecule has 1 aromatic heterocycles. The van der Waals surface area contributed by atoms with Gasteiger partial charge in [0.25, 0.3) is 0 Å². The fourth-order valence-corrected chi connectivity index (χ4v) is 3.12. The summed E-state index contributed by atoms with van der Waals surface area (Å²) in [6.45, 7) is 4.39. The smallest absolute Gasteiger partial charge is 0.147 e. The summed E-state index contributed by atoms with van der Waals surface area (Å²) in [4.78, 5) is 18.0. The number of Topliss-reactive ketones (excluding diaryl/α,β-unsaturated/α-hetero) is 1. The molecule has 0 spiro atoms. The number of pyridine rings is 1. The zero-order chi connectivity index (χ0) is 15.9. The Kier molecular flexibility index (Phi) is 3.74. The van der Waals surface area contributed by atoms with Crippen LogP contribution >= 0.6 is 0 Å². The van der Waals surface area contributed by atoms with Gasteiger partial charge in [0.1, 0.15) is 23.5 Å². The average molecular weight is 299 g/mol. The van der Waals surface area contributed by atoms with E-state index in [4.69, 9.17) is 10.5 Å². The molecule has 5 nitrogen and oxygen atoms in total. The highest BCUT2D eigenvalue weighted by molar-refractivity contribution is 5.87. The molecule has 2 atom stereocenters. The Morgan fingerprint density at radius 3 is 2.86 bits per heavy atom. The standard InChI is InChI=1S/C17H21N3O2/c1-10-4-5-13-14(6-10)19-17(18)8-16(13)22-12-7-15(11(2)21)20(3)9-12/h4-6,8,12,15H,7,9H2,1-3H3,(H2,18,19). The Morgan fingerprint density at radius 1 is 1.41 bits per heavy atom. The molecule has 22 heavy (non-hydrogen) atoms. The molecule has 2 N–H and O–H groups in total. The number of fused-ring (bicyclic) bond motifs is 1. The zero-order valence-corrected chi connectivity index (χ0v) is 13.2. The molecule has 2 unspecified atom stereocenters. The van der Waals surface area contributed by atoms with Crippen molar-refractivity contribution < 1.29 is 9.53 Å². The van der Waals surface area contributed by atoms with Crippen LogP contribution in [0.4, 0.5) is 5.82 Å². The maximum absolute atomic E-state index is 11.6. The van der Waals surface area contributed by atoms with E-state index in [1.54, 1.807) is 13.0 Å². The summed E-state index contributed by atoms with van der Waals surface area (Å²) in [6.07, 6.45) is 0.701. The number of hydrogen-bond donors (Lipinski definition) is 1. The van der Waals surface area contributed by atoms with Crippen LogP contribution in [0, 0.1) is 6.92 Å². The number of carbonyl (C=O) groups excluding carboxylic acids is 1. The van der Waals surface area contributed by atoms with Crippen LogP contribution in [0.1, 0.15) is 18.9 Å². The minimum atomic E-state index is -0.0577. The number of ether oxygens (including phenoxy) is 1. The third-order valence-corrected chi connectivity index (χ3v) is 4.22. The van der Waals surface area contributed by atoms with Crippen molar-refractivity contribution in [2.75, 3.05) is 19.3 Å². The highest BCUT2D eigenvalue weighted by Gasteiger charge is 2.33. The van der Waals surface area contributed by atoms with E-state index < -0.39 is 0 Å². The van der Waals surface area contributed by atoms with Crippen LogP contribution in [0.15, 0.2) is 24.3 Å². The van der Waals surface area contributed by atoms with Crippen molar-refractivity contribution in [2.45, 2.75) is 32.4 Å². The van der Waals surface area contributed by atoms with Gasteiger partial charge in [-0.3, -0.25) is 9.69 Å². The molecule has 0 saturated carbocycles. The van der Waals surface area contributed by atoms with E-state index in [-0.39, 0.29) is 17.9 Å². The first-order valence-electron chi connectivity index (χ1n) is 7.48. The van der Waals surface area contributed by atoms with Gasteiger partial charge in [0.2, 0.25) is 0 Å². The van der Waals surface area contributed by atoms with Crippen LogP contribution in [-0.4, -0.2) is 41.4 Å². The van der Waals surface area contributed by atoms with E-state index in [9.17, 15) is 4.79 Å². The number of nitrogens with zero attached hydrogens (tertiary/aromatic N) is 2. The lowest BCUT2D eigenvalue weighted by Crippen LogP contribution is -2.31. The van der Waals surface area contributed by atoms with Crippen molar-refractivity contribution >= 4 is 22.5 Å². The molecule has 1 aliphatic rings. The van der Waals surface area contributed by atoms with Gasteiger partial charge in [0.05, 0.1) is 11.6 Å². The largest absolute Gasteiger partial charge is 0.488 e. The summed E-state index contributed by atoms with van der Waals surface area (Å²) >= 11 is 0. The second kappa shape index (κ2) is 5.57. The average Bonchev–Trinajstić information content (AvgIpc) is 2.79. The highest BCUT2D eigenvalue weighted by atomic mass is 16.5. The monoisotopic (exact) mass is 299 g/mol. The predicted molar refractivity (Wildman–Crippen MR) is 87.0 cm³/mol. The molecule has 0 amide bonds. The molecule has 116 valence electrons. The van der Waals surface area contributed by atoms with Gasteiger partial charge in [-0.25, -0.2) is 4.98 Å². The number of anilines is 1. The quantitative estimate of drug-likeness (QED) is 0.940. The molecule has 1 aromatic carbocycles. The van der Waals surface area contributed by atoms with Gasteiger partial charge in [-0.15, -0.1) is 0 Å². The summed E-state index contributed by atoms with van der Waals surface area (Å²) in [7, 11) is 1.96. The Hall–Kier alpha value is -2.14. The molecule has 0 aliphatic carbocycles. The summed E-state index contributed by atoms with van der Waals surface area (Å²) in [6, 6.07) is 7.74. The number of aryl methyl sites for hydroxylation is 1. The van der Waals surface area contributed by atoms with Crippen LogP contribution in [0.25, 0.3) is 10.9 Å². The van der Waals surface area contributed by atoms with Crippen molar-refractivity contribution in [1.29, 1.82) is 0 Å². The maximum atomic E-state index is 11.6. The Balaban J connectivity index is 1.90. The summed E-state index contributed by atoms with van der Waals surface area (Å²) in [5.74, 6) is 1.37. The maximum Gasteiger partial charge on any atom is 0.147 e. The van der Waals surface area contributed by atoms with Gasteiger partial charge in [-0.05, 0) is 38.6 Å². The number of nitrogens with two attached hydrogens (primary N) is 1. The first kappa shape index (κ1) is 14.8. The number of rotatable bonds is 3. The summed E-state index contributed by atoms with van der Waals surface area (Å²) in [5, 5.41) is 0.953. The van der Waals surface area contributed by atoms with Crippen LogP contribution in [0.2, 0.25) is 0 Å². The highest BCUT2D eigenvalue weighted by Crippen LogP contribution is 2.30. The van der Waals surface area contributed by atoms with Gasteiger partial charge in [0, 0.05) is 24.4 Å². The first-order chi connectivity index (χ1) is 10.4. The van der Waals surface area contributed by atoms with Gasteiger partial charge in [-0.2, -0.15) is 0 Å². The number of likely N-dealkylation sites (N-methyl/N-ethyl adjacent to an activating group) is 1. The molecule has 1 saturated heterocycles. The molecule has 2 aromatic rings. The van der Waals surface area contributed by atoms with E-state index in [0.29, 0.717) is 12.2 Å². The lowest BCUT2D eigenvalue weighted by Gasteiger charge is -2.16. The SMILES string of the molecule is CC(=O)C1CC(Oc2cc(N)nc3cc(C)ccc23)CN1C. The number of aromatic nitrogens is 1. The lowest BCUT2D eigenvalue weighted by atomic mass is 10.1. The number of hydrogen-bond acceptors (Lipinski definition) is 5. The molecule has 0 bridgehead atoms. The fraction of sp³-hybridized carbons (Fsp3) is 0.412. The number of nitrogen functional groups attached to an aromatic ring is 1. The van der Waals surface area contributed by atoms with E-state index in [0.717, 1.165) is 28.8 Å². The third kappa shape index (κ3) is 2.76. The molecule has 3 rings (SSSR count). The minimum absolute atomic E-state index is 0.00907. The van der Waals surface area contributed by atoms with E-state index in [1.165, 1.54) is 0 Å².